The number of hydrogen-bond acceptors (Lipinski definition) is 4. The second-order valence-corrected chi connectivity index (χ2v) is 2.54. The van der Waals surface area contributed by atoms with Crippen LogP contribution in [0, 0.1) is 0 Å². The van der Waals surface area contributed by atoms with E-state index in [-0.39, 0.29) is 6.61 Å². The van der Waals surface area contributed by atoms with Gasteiger partial charge >= 0.3 is 0 Å². The number of nitrogens with zero attached hydrogens (tertiary/aromatic N) is 2. The minimum absolute atomic E-state index is 0.167. The van der Waals surface area contributed by atoms with Crippen molar-refractivity contribution < 1.29 is 5.11 Å². The molecule has 0 fully saturated rings. The van der Waals surface area contributed by atoms with E-state index >= 15 is 0 Å². The average molecular weight is 171 g/mol. The highest BCUT2D eigenvalue weighted by Crippen LogP contribution is 1.86. The summed E-state index contributed by atoms with van der Waals surface area (Å²) in [6, 6.07) is 0. The lowest BCUT2D eigenvalue weighted by Gasteiger charge is -2.14. The van der Waals surface area contributed by atoms with Gasteiger partial charge in [0.1, 0.15) is 0 Å². The number of nitrogens with two attached hydrogens (primary N) is 1. The molecule has 0 aromatic heterocycles. The topological polar surface area (TPSA) is 61.8 Å². The first-order valence-electron chi connectivity index (χ1n) is 3.88. The predicted octanol–water partition coefficient (Wildman–Crippen LogP) is -0.546. The van der Waals surface area contributed by atoms with Gasteiger partial charge in [-0.05, 0) is 19.3 Å². The summed E-state index contributed by atoms with van der Waals surface area (Å²) < 4.78 is 0. The van der Waals surface area contributed by atoms with E-state index in [1.54, 1.807) is 13.1 Å². The van der Waals surface area contributed by atoms with Crippen molar-refractivity contribution in [2.45, 2.75) is 0 Å². The van der Waals surface area contributed by atoms with E-state index in [0.29, 0.717) is 13.1 Å². The summed E-state index contributed by atoms with van der Waals surface area (Å²) in [6.07, 6.45) is 3.23. The van der Waals surface area contributed by atoms with Crippen LogP contribution in [0.25, 0.3) is 0 Å². The smallest absolute Gasteiger partial charge is 0.0558 e. The van der Waals surface area contributed by atoms with Crippen LogP contribution in [0.5, 0.6) is 0 Å². The molecule has 0 aliphatic rings. The van der Waals surface area contributed by atoms with Crippen molar-refractivity contribution in [1.82, 2.24) is 4.90 Å². The summed E-state index contributed by atoms with van der Waals surface area (Å²) in [6.45, 7) is 1.53. The van der Waals surface area contributed by atoms with E-state index in [4.69, 9.17) is 10.8 Å². The minimum Gasteiger partial charge on any atom is -0.405 e. The molecule has 0 aliphatic carbocycles. The van der Waals surface area contributed by atoms with Gasteiger partial charge in [-0.15, -0.1) is 0 Å². The molecule has 4 nitrogen and oxygen atoms in total. The Hall–Kier alpha value is -0.870. The van der Waals surface area contributed by atoms with Crippen LogP contribution in [0.2, 0.25) is 0 Å². The SMILES string of the molecule is CN=C(C=CN)CN(C)CCO. The first-order chi connectivity index (χ1) is 5.74. The number of aliphatic imine (C=N–C) groups is 1. The van der Waals surface area contributed by atoms with Gasteiger partial charge in [0.25, 0.3) is 0 Å². The Labute approximate surface area is 73.4 Å². The maximum Gasteiger partial charge on any atom is 0.0558 e. The molecule has 0 spiro atoms. The molecule has 0 rings (SSSR count). The Balaban J connectivity index is 3.86. The zero-order valence-corrected chi connectivity index (χ0v) is 7.70. The fourth-order valence-corrected chi connectivity index (χ4v) is 0.835. The molecular weight excluding hydrogens is 154 g/mol. The zero-order valence-electron chi connectivity index (χ0n) is 7.70. The van der Waals surface area contributed by atoms with Gasteiger partial charge in [0.15, 0.2) is 0 Å². The third-order valence-corrected chi connectivity index (χ3v) is 1.49. The summed E-state index contributed by atoms with van der Waals surface area (Å²) in [5.41, 5.74) is 6.14. The Morgan fingerprint density at radius 1 is 1.67 bits per heavy atom. The van der Waals surface area contributed by atoms with Crippen LogP contribution in [-0.2, 0) is 0 Å². The van der Waals surface area contributed by atoms with Crippen molar-refractivity contribution in [2.75, 3.05) is 33.8 Å². The monoisotopic (exact) mass is 171 g/mol. The van der Waals surface area contributed by atoms with E-state index in [9.17, 15) is 0 Å². The van der Waals surface area contributed by atoms with Crippen LogP contribution in [0.1, 0.15) is 0 Å². The molecule has 12 heavy (non-hydrogen) atoms. The molecular formula is C8H17N3O. The van der Waals surface area contributed by atoms with Crippen molar-refractivity contribution in [2.24, 2.45) is 10.7 Å². The average Bonchev–Trinajstić information content (AvgIpc) is 2.04. The normalized spacial score (nSPS) is 13.2. The van der Waals surface area contributed by atoms with Crippen LogP contribution >= 0.6 is 0 Å². The Morgan fingerprint density at radius 3 is 2.75 bits per heavy atom. The number of likely N-dealkylation sites (N-methyl/N-ethyl adjacent to an activating group) is 1. The van der Waals surface area contributed by atoms with E-state index in [1.807, 2.05) is 11.9 Å². The Morgan fingerprint density at radius 2 is 2.33 bits per heavy atom. The van der Waals surface area contributed by atoms with E-state index in [1.165, 1.54) is 6.20 Å². The lowest BCUT2D eigenvalue weighted by Crippen LogP contribution is -2.27. The summed E-state index contributed by atoms with van der Waals surface area (Å²) >= 11 is 0. The van der Waals surface area contributed by atoms with Gasteiger partial charge in [-0.3, -0.25) is 9.89 Å². The highest BCUT2D eigenvalue weighted by molar-refractivity contribution is 5.96. The molecule has 0 aromatic carbocycles. The molecule has 0 heterocycles. The summed E-state index contributed by atoms with van der Waals surface area (Å²) in [7, 11) is 3.65. The van der Waals surface area contributed by atoms with Crippen molar-refractivity contribution in [3.63, 3.8) is 0 Å². The number of hydrogen-bond donors (Lipinski definition) is 2. The van der Waals surface area contributed by atoms with E-state index in [0.717, 1.165) is 5.71 Å². The quantitative estimate of drug-likeness (QED) is 0.546. The maximum absolute atomic E-state index is 8.63. The molecule has 0 saturated carbocycles. The van der Waals surface area contributed by atoms with Crippen LogP contribution in [0.4, 0.5) is 0 Å². The molecule has 0 radical (unpaired) electrons. The third kappa shape index (κ3) is 4.87. The van der Waals surface area contributed by atoms with Gasteiger partial charge in [-0.2, -0.15) is 0 Å². The van der Waals surface area contributed by atoms with Crippen molar-refractivity contribution in [3.8, 4) is 0 Å². The molecule has 0 aromatic rings. The summed E-state index contributed by atoms with van der Waals surface area (Å²) in [4.78, 5) is 6.00. The molecule has 0 amide bonds. The molecule has 0 bridgehead atoms. The second kappa shape index (κ2) is 6.82. The zero-order chi connectivity index (χ0) is 9.40. The minimum atomic E-state index is 0.167. The van der Waals surface area contributed by atoms with Gasteiger partial charge in [-0.25, -0.2) is 0 Å². The fourth-order valence-electron chi connectivity index (χ4n) is 0.835. The number of aliphatic hydroxyl groups excluding tert-OH is 1. The Bertz CT molecular complexity index is 166. The molecule has 0 aliphatic heterocycles. The van der Waals surface area contributed by atoms with Gasteiger partial charge in [0, 0.05) is 25.8 Å². The Kier molecular flexibility index (Phi) is 6.32. The molecule has 70 valence electrons. The predicted molar refractivity (Wildman–Crippen MR) is 51.3 cm³/mol. The fraction of sp³-hybridized carbons (Fsp3) is 0.625. The van der Waals surface area contributed by atoms with Crippen molar-refractivity contribution in [3.05, 3.63) is 12.3 Å². The second-order valence-electron chi connectivity index (χ2n) is 2.54. The third-order valence-electron chi connectivity index (χ3n) is 1.49. The highest BCUT2D eigenvalue weighted by atomic mass is 16.3. The van der Waals surface area contributed by atoms with Crippen LogP contribution in [-0.4, -0.2) is 49.5 Å². The number of rotatable bonds is 5. The largest absolute Gasteiger partial charge is 0.405 e. The standard InChI is InChI=1S/C8H17N3O/c1-10-8(3-4-9)7-11(2)5-6-12/h3-4,12H,5-7,9H2,1-2H3. The van der Waals surface area contributed by atoms with Gasteiger partial charge < -0.3 is 10.8 Å². The number of aliphatic hydroxyl groups is 1. The van der Waals surface area contributed by atoms with Gasteiger partial charge in [0.2, 0.25) is 0 Å². The molecule has 0 unspecified atom stereocenters. The molecule has 0 saturated heterocycles. The van der Waals surface area contributed by atoms with Crippen LogP contribution < -0.4 is 5.73 Å². The van der Waals surface area contributed by atoms with Crippen molar-refractivity contribution in [1.29, 1.82) is 0 Å². The summed E-state index contributed by atoms with van der Waals surface area (Å²) in [5, 5.41) is 8.63. The first-order valence-corrected chi connectivity index (χ1v) is 3.88. The van der Waals surface area contributed by atoms with Crippen LogP contribution in [0.15, 0.2) is 17.3 Å². The van der Waals surface area contributed by atoms with Crippen LogP contribution in [0.3, 0.4) is 0 Å². The first kappa shape index (κ1) is 11.1. The molecule has 4 heteroatoms. The van der Waals surface area contributed by atoms with Gasteiger partial charge in [0.05, 0.1) is 6.61 Å². The van der Waals surface area contributed by atoms with E-state index < -0.39 is 0 Å². The lowest BCUT2D eigenvalue weighted by atomic mass is 10.3. The van der Waals surface area contributed by atoms with E-state index in [2.05, 4.69) is 4.99 Å². The molecule has 0 atom stereocenters. The van der Waals surface area contributed by atoms with Crippen molar-refractivity contribution >= 4 is 5.71 Å². The maximum atomic E-state index is 8.63. The van der Waals surface area contributed by atoms with Gasteiger partial charge in [-0.1, -0.05) is 0 Å². The summed E-state index contributed by atoms with van der Waals surface area (Å²) in [5.74, 6) is 0. The highest BCUT2D eigenvalue weighted by Gasteiger charge is 1.99. The lowest BCUT2D eigenvalue weighted by molar-refractivity contribution is 0.235. The molecule has 3 N–H and O–H groups in total.